The Kier molecular flexibility index (Phi) is 5.88. The SMILES string of the molecule is Cc1cc(OC(F)(F)P(C)(=O)O)cc(C)c1Oc1ccc(O)c(C(C)C)c1. The molecule has 27 heavy (non-hydrogen) atoms. The molecule has 0 aliphatic heterocycles. The Morgan fingerprint density at radius 2 is 1.63 bits per heavy atom. The van der Waals surface area contributed by atoms with Crippen LogP contribution >= 0.6 is 7.37 Å². The van der Waals surface area contributed by atoms with Gasteiger partial charge in [0.05, 0.1) is 0 Å². The molecule has 0 bridgehead atoms. The van der Waals surface area contributed by atoms with Crippen molar-refractivity contribution < 1.29 is 32.8 Å². The summed E-state index contributed by atoms with van der Waals surface area (Å²) in [5.41, 5.74) is 1.76. The van der Waals surface area contributed by atoms with E-state index in [4.69, 9.17) is 9.63 Å². The molecule has 0 spiro atoms. The Hall–Kier alpha value is -2.11. The lowest BCUT2D eigenvalue weighted by Gasteiger charge is -2.21. The van der Waals surface area contributed by atoms with Crippen LogP contribution in [-0.2, 0) is 4.57 Å². The van der Waals surface area contributed by atoms with Crippen LogP contribution in [0.1, 0.15) is 36.5 Å². The standard InChI is InChI=1S/C19H23F2O5P/c1-11(2)16-10-14(6-7-17(16)22)25-18-12(3)8-15(9-13(18)4)26-19(20,21)27(5,23)24/h6-11,22H,1-5H3,(H,23,24). The Morgan fingerprint density at radius 1 is 1.07 bits per heavy atom. The topological polar surface area (TPSA) is 76.0 Å². The van der Waals surface area contributed by atoms with Crippen molar-refractivity contribution in [2.75, 3.05) is 6.66 Å². The molecule has 0 saturated carbocycles. The van der Waals surface area contributed by atoms with Gasteiger partial charge in [0.25, 0.3) is 0 Å². The number of benzene rings is 2. The fraction of sp³-hybridized carbons (Fsp3) is 0.368. The van der Waals surface area contributed by atoms with E-state index < -0.39 is 13.2 Å². The summed E-state index contributed by atoms with van der Waals surface area (Å²) in [4.78, 5) is 9.12. The smallest absolute Gasteiger partial charge is 0.475 e. The predicted molar refractivity (Wildman–Crippen MR) is 99.5 cm³/mol. The molecule has 2 rings (SSSR count). The van der Waals surface area contributed by atoms with Crippen molar-refractivity contribution >= 4 is 7.37 Å². The predicted octanol–water partition coefficient (Wildman–Crippen LogP) is 5.75. The normalized spacial score (nSPS) is 14.1. The van der Waals surface area contributed by atoms with Gasteiger partial charge in [0.15, 0.2) is 0 Å². The van der Waals surface area contributed by atoms with Gasteiger partial charge < -0.3 is 19.5 Å². The van der Waals surface area contributed by atoms with Crippen LogP contribution in [0.4, 0.5) is 8.78 Å². The molecule has 0 heterocycles. The van der Waals surface area contributed by atoms with Gasteiger partial charge in [-0.25, -0.2) is 0 Å². The minimum Gasteiger partial charge on any atom is -0.508 e. The van der Waals surface area contributed by atoms with Crippen LogP contribution in [0.3, 0.4) is 0 Å². The highest BCUT2D eigenvalue weighted by Gasteiger charge is 2.49. The third-order valence-electron chi connectivity index (χ3n) is 4.00. The van der Waals surface area contributed by atoms with E-state index in [-0.39, 0.29) is 17.4 Å². The molecule has 0 radical (unpaired) electrons. The lowest BCUT2D eigenvalue weighted by molar-refractivity contribution is -0.106. The molecule has 0 saturated heterocycles. The second-order valence-corrected chi connectivity index (χ2v) is 9.11. The van der Waals surface area contributed by atoms with Gasteiger partial charge in [-0.1, -0.05) is 13.8 Å². The molecule has 2 aromatic rings. The van der Waals surface area contributed by atoms with Gasteiger partial charge in [0.1, 0.15) is 23.0 Å². The van der Waals surface area contributed by atoms with Crippen molar-refractivity contribution in [3.63, 3.8) is 0 Å². The zero-order valence-corrected chi connectivity index (χ0v) is 16.7. The van der Waals surface area contributed by atoms with E-state index in [0.717, 1.165) is 5.56 Å². The van der Waals surface area contributed by atoms with Crippen LogP contribution in [0, 0.1) is 13.8 Å². The minimum atomic E-state index is -4.76. The van der Waals surface area contributed by atoms with E-state index in [1.54, 1.807) is 26.0 Å². The van der Waals surface area contributed by atoms with Crippen LogP contribution in [0.25, 0.3) is 0 Å². The maximum Gasteiger partial charge on any atom is 0.475 e. The molecule has 0 amide bonds. The number of rotatable bonds is 6. The molecule has 148 valence electrons. The molecule has 0 aliphatic rings. The first kappa shape index (κ1) is 21.2. The van der Waals surface area contributed by atoms with Gasteiger partial charge in [-0.15, -0.1) is 0 Å². The summed E-state index contributed by atoms with van der Waals surface area (Å²) in [6.45, 7) is 7.73. The molecule has 1 atom stereocenters. The lowest BCUT2D eigenvalue weighted by Crippen LogP contribution is -2.24. The summed E-state index contributed by atoms with van der Waals surface area (Å²) in [5.74, 6) is -3.20. The van der Waals surface area contributed by atoms with Gasteiger partial charge in [-0.05, 0) is 61.2 Å². The second-order valence-electron chi connectivity index (χ2n) is 6.83. The van der Waals surface area contributed by atoms with Crippen molar-refractivity contribution in [2.24, 2.45) is 0 Å². The Morgan fingerprint density at radius 3 is 2.11 bits per heavy atom. The van der Waals surface area contributed by atoms with Crippen molar-refractivity contribution in [1.82, 2.24) is 0 Å². The second kappa shape index (κ2) is 7.49. The van der Waals surface area contributed by atoms with E-state index in [2.05, 4.69) is 4.74 Å². The summed E-state index contributed by atoms with van der Waals surface area (Å²) in [7, 11) is -4.76. The van der Waals surface area contributed by atoms with Crippen molar-refractivity contribution in [3.05, 3.63) is 47.0 Å². The largest absolute Gasteiger partial charge is 0.508 e. The third kappa shape index (κ3) is 4.79. The van der Waals surface area contributed by atoms with Gasteiger partial charge in [0.2, 0.25) is 0 Å². The Labute approximate surface area is 157 Å². The number of ether oxygens (including phenoxy) is 2. The zero-order chi connectivity index (χ0) is 20.6. The number of phenols is 1. The van der Waals surface area contributed by atoms with Crippen LogP contribution < -0.4 is 9.47 Å². The van der Waals surface area contributed by atoms with Crippen molar-refractivity contribution in [3.8, 4) is 23.0 Å². The number of phenolic OH excluding ortho intramolecular Hbond substituents is 1. The Balaban J connectivity index is 2.33. The summed E-state index contributed by atoms with van der Waals surface area (Å²) >= 11 is 0. The highest BCUT2D eigenvalue weighted by Crippen LogP contribution is 2.54. The highest BCUT2D eigenvalue weighted by atomic mass is 31.2. The molecule has 0 fully saturated rings. The van der Waals surface area contributed by atoms with Gasteiger partial charge in [-0.2, -0.15) is 8.78 Å². The van der Waals surface area contributed by atoms with Gasteiger partial charge in [-0.3, -0.25) is 4.57 Å². The number of aromatic hydroxyl groups is 1. The fourth-order valence-electron chi connectivity index (χ4n) is 2.53. The molecule has 0 aliphatic carbocycles. The molecule has 8 heteroatoms. The maximum absolute atomic E-state index is 13.7. The average molecular weight is 400 g/mol. The van der Waals surface area contributed by atoms with Gasteiger partial charge >= 0.3 is 13.2 Å². The molecule has 5 nitrogen and oxygen atoms in total. The summed E-state index contributed by atoms with van der Waals surface area (Å²) in [5, 5.41) is 9.90. The quantitative estimate of drug-likeness (QED) is 0.604. The van der Waals surface area contributed by atoms with Crippen LogP contribution in [0.15, 0.2) is 30.3 Å². The summed E-state index contributed by atoms with van der Waals surface area (Å²) in [6, 6.07) is 7.49. The van der Waals surface area contributed by atoms with E-state index in [9.17, 15) is 18.5 Å². The highest BCUT2D eigenvalue weighted by molar-refractivity contribution is 7.58. The van der Waals surface area contributed by atoms with E-state index in [1.807, 2.05) is 13.8 Å². The van der Waals surface area contributed by atoms with E-state index in [0.29, 0.717) is 29.3 Å². The number of halogens is 2. The molecule has 2 N–H and O–H groups in total. The first-order valence-electron chi connectivity index (χ1n) is 8.31. The van der Waals surface area contributed by atoms with Crippen LogP contribution in [0.2, 0.25) is 0 Å². The van der Waals surface area contributed by atoms with E-state index in [1.165, 1.54) is 18.2 Å². The zero-order valence-electron chi connectivity index (χ0n) is 15.8. The maximum atomic E-state index is 13.7. The number of hydrogen-bond acceptors (Lipinski definition) is 4. The van der Waals surface area contributed by atoms with Gasteiger partial charge in [0, 0.05) is 12.2 Å². The third-order valence-corrected chi connectivity index (χ3v) is 5.06. The molecular weight excluding hydrogens is 377 g/mol. The first-order chi connectivity index (χ1) is 12.3. The lowest BCUT2D eigenvalue weighted by atomic mass is 10.0. The van der Waals surface area contributed by atoms with E-state index >= 15 is 0 Å². The average Bonchev–Trinajstić information content (AvgIpc) is 2.50. The number of hydrogen-bond donors (Lipinski definition) is 2. The monoisotopic (exact) mass is 400 g/mol. The number of alkyl halides is 2. The summed E-state index contributed by atoms with van der Waals surface area (Å²) in [6.07, 6.45) is 0. The fourth-order valence-corrected chi connectivity index (χ4v) is 2.81. The number of aryl methyl sites for hydroxylation is 2. The van der Waals surface area contributed by atoms with Crippen molar-refractivity contribution in [1.29, 1.82) is 0 Å². The molecule has 1 unspecified atom stereocenters. The molecule has 0 aromatic heterocycles. The van der Waals surface area contributed by atoms with Crippen molar-refractivity contribution in [2.45, 2.75) is 39.5 Å². The van der Waals surface area contributed by atoms with Crippen LogP contribution in [0.5, 0.6) is 23.0 Å². The molecular formula is C19H23F2O5P. The Bertz CT molecular complexity index is 867. The molecule has 2 aromatic carbocycles. The van der Waals surface area contributed by atoms with Crippen LogP contribution in [-0.4, -0.2) is 22.5 Å². The minimum absolute atomic E-state index is 0.0944. The summed E-state index contributed by atoms with van der Waals surface area (Å²) < 4.78 is 49.0. The first-order valence-corrected chi connectivity index (χ1v) is 10.4.